The predicted molar refractivity (Wildman–Crippen MR) is 96.3 cm³/mol. The number of hydrogen-bond donors (Lipinski definition) is 1. The minimum absolute atomic E-state index is 0.188. The molecule has 0 bridgehead atoms. The minimum Gasteiger partial charge on any atom is -0.278 e. The fourth-order valence-corrected chi connectivity index (χ4v) is 4.98. The Bertz CT molecular complexity index is 804. The molecule has 3 nitrogen and oxygen atoms in total. The first-order valence-electron chi connectivity index (χ1n) is 5.95. The first-order valence-corrected chi connectivity index (χ1v) is 9.81. The molecule has 112 valence electrons. The fraction of sp³-hybridized carbons (Fsp3) is 0.143. The van der Waals surface area contributed by atoms with Crippen molar-refractivity contribution >= 4 is 63.5 Å². The number of rotatable bonds is 3. The zero-order valence-corrected chi connectivity index (χ0v) is 16.8. The van der Waals surface area contributed by atoms with E-state index in [1.807, 2.05) is 26.0 Å². The maximum Gasteiger partial charge on any atom is 0.263 e. The summed E-state index contributed by atoms with van der Waals surface area (Å²) in [5.41, 5.74) is 2.44. The number of aryl methyl sites for hydroxylation is 2. The topological polar surface area (TPSA) is 46.2 Å². The summed E-state index contributed by atoms with van der Waals surface area (Å²) in [6, 6.07) is 8.85. The van der Waals surface area contributed by atoms with Gasteiger partial charge < -0.3 is 0 Å². The molecule has 0 aliphatic carbocycles. The zero-order chi connectivity index (χ0) is 15.8. The number of hydrogen-bond acceptors (Lipinski definition) is 2. The van der Waals surface area contributed by atoms with E-state index in [1.54, 1.807) is 18.2 Å². The Hall–Kier alpha value is -0.370. The highest BCUT2D eigenvalue weighted by Gasteiger charge is 2.20. The van der Waals surface area contributed by atoms with Crippen molar-refractivity contribution in [3.8, 4) is 0 Å². The third kappa shape index (κ3) is 3.88. The third-order valence-electron chi connectivity index (χ3n) is 2.87. The number of benzene rings is 2. The lowest BCUT2D eigenvalue weighted by Crippen LogP contribution is -2.14. The molecule has 2 aromatic carbocycles. The van der Waals surface area contributed by atoms with Gasteiger partial charge in [0.1, 0.15) is 4.90 Å². The largest absolute Gasteiger partial charge is 0.278 e. The molecule has 0 radical (unpaired) electrons. The predicted octanol–water partition coefficient (Wildman–Crippen LogP) is 5.39. The molecule has 0 saturated heterocycles. The van der Waals surface area contributed by atoms with Gasteiger partial charge in [0, 0.05) is 13.4 Å². The quantitative estimate of drug-likeness (QED) is 0.618. The highest BCUT2D eigenvalue weighted by Crippen LogP contribution is 2.32. The maximum atomic E-state index is 12.6. The average molecular weight is 498 g/mol. The van der Waals surface area contributed by atoms with E-state index in [-0.39, 0.29) is 4.90 Å². The minimum atomic E-state index is -3.68. The van der Waals surface area contributed by atoms with Gasteiger partial charge in [-0.25, -0.2) is 8.42 Å². The number of nitrogens with one attached hydrogen (secondary N) is 1. The molecule has 7 heteroatoms. The first kappa shape index (κ1) is 17.0. The molecule has 0 spiro atoms. The Labute approximate surface area is 149 Å². The molecule has 0 amide bonds. The van der Waals surface area contributed by atoms with Gasteiger partial charge in [0.2, 0.25) is 0 Å². The Morgan fingerprint density at radius 2 is 1.57 bits per heavy atom. The normalized spacial score (nSPS) is 11.5. The van der Waals surface area contributed by atoms with E-state index in [2.05, 4.69) is 52.5 Å². The standard InChI is InChI=1S/C14H12Br3NO2S/c1-8-3-4-10(15)13(5-8)18-21(19,20)14-7-11(16)9(2)6-12(14)17/h3-7,18H,1-2H3. The summed E-state index contributed by atoms with van der Waals surface area (Å²) < 4.78 is 29.7. The van der Waals surface area contributed by atoms with Gasteiger partial charge in [-0.1, -0.05) is 22.0 Å². The van der Waals surface area contributed by atoms with Crippen LogP contribution in [-0.2, 0) is 10.0 Å². The van der Waals surface area contributed by atoms with Crippen molar-refractivity contribution in [2.45, 2.75) is 18.7 Å². The van der Waals surface area contributed by atoms with Crippen molar-refractivity contribution in [3.63, 3.8) is 0 Å². The summed E-state index contributed by atoms with van der Waals surface area (Å²) in [5.74, 6) is 0. The van der Waals surface area contributed by atoms with Crippen molar-refractivity contribution in [3.05, 3.63) is 54.9 Å². The van der Waals surface area contributed by atoms with Crippen LogP contribution in [0.5, 0.6) is 0 Å². The molecule has 0 heterocycles. The van der Waals surface area contributed by atoms with E-state index in [9.17, 15) is 8.42 Å². The van der Waals surface area contributed by atoms with Crippen LogP contribution in [0.4, 0.5) is 5.69 Å². The second kappa shape index (κ2) is 6.40. The molecular weight excluding hydrogens is 486 g/mol. The van der Waals surface area contributed by atoms with Crippen molar-refractivity contribution in [1.82, 2.24) is 0 Å². The molecule has 1 N–H and O–H groups in total. The Kier molecular flexibility index (Phi) is 5.18. The van der Waals surface area contributed by atoms with Crippen LogP contribution in [0.3, 0.4) is 0 Å². The lowest BCUT2D eigenvalue weighted by Gasteiger charge is -2.13. The molecule has 0 fully saturated rings. The summed E-state index contributed by atoms with van der Waals surface area (Å²) in [7, 11) is -3.68. The molecule has 0 saturated carbocycles. The molecule has 2 aromatic rings. The summed E-state index contributed by atoms with van der Waals surface area (Å²) in [5, 5.41) is 0. The van der Waals surface area contributed by atoms with Crippen LogP contribution in [0.25, 0.3) is 0 Å². The second-order valence-electron chi connectivity index (χ2n) is 4.62. The molecule has 0 aromatic heterocycles. The van der Waals surface area contributed by atoms with Gasteiger partial charge in [0.15, 0.2) is 0 Å². The lowest BCUT2D eigenvalue weighted by molar-refractivity contribution is 0.600. The molecule has 0 unspecified atom stereocenters. The van der Waals surface area contributed by atoms with Gasteiger partial charge in [-0.3, -0.25) is 4.72 Å². The van der Waals surface area contributed by atoms with E-state index in [0.29, 0.717) is 14.6 Å². The Morgan fingerprint density at radius 3 is 2.24 bits per heavy atom. The summed E-state index contributed by atoms with van der Waals surface area (Å²) in [6.07, 6.45) is 0. The average Bonchev–Trinajstić information content (AvgIpc) is 2.37. The van der Waals surface area contributed by atoms with Gasteiger partial charge in [-0.2, -0.15) is 0 Å². The highest BCUT2D eigenvalue weighted by molar-refractivity contribution is 9.11. The van der Waals surface area contributed by atoms with Gasteiger partial charge in [0.25, 0.3) is 10.0 Å². The Morgan fingerprint density at radius 1 is 0.905 bits per heavy atom. The summed E-state index contributed by atoms with van der Waals surface area (Å²) in [4.78, 5) is 0.188. The first-order chi connectivity index (χ1) is 9.70. The van der Waals surface area contributed by atoms with Crippen LogP contribution < -0.4 is 4.72 Å². The highest BCUT2D eigenvalue weighted by atomic mass is 79.9. The third-order valence-corrected chi connectivity index (χ3v) is 6.74. The lowest BCUT2D eigenvalue weighted by atomic mass is 10.2. The fourth-order valence-electron chi connectivity index (χ4n) is 1.75. The van der Waals surface area contributed by atoms with Crippen molar-refractivity contribution in [2.75, 3.05) is 4.72 Å². The van der Waals surface area contributed by atoms with E-state index in [0.717, 1.165) is 15.6 Å². The van der Waals surface area contributed by atoms with Crippen LogP contribution in [0.15, 0.2) is 48.6 Å². The van der Waals surface area contributed by atoms with Gasteiger partial charge in [0.05, 0.1) is 5.69 Å². The van der Waals surface area contributed by atoms with E-state index in [1.165, 1.54) is 0 Å². The zero-order valence-electron chi connectivity index (χ0n) is 11.2. The van der Waals surface area contributed by atoms with Crippen LogP contribution in [0, 0.1) is 13.8 Å². The summed E-state index contributed by atoms with van der Waals surface area (Å²) in [6.45, 7) is 3.80. The summed E-state index contributed by atoms with van der Waals surface area (Å²) >= 11 is 10.0. The van der Waals surface area contributed by atoms with Crippen LogP contribution in [-0.4, -0.2) is 8.42 Å². The molecule has 21 heavy (non-hydrogen) atoms. The molecular formula is C14H12Br3NO2S. The molecule has 0 atom stereocenters. The maximum absolute atomic E-state index is 12.6. The van der Waals surface area contributed by atoms with E-state index >= 15 is 0 Å². The second-order valence-corrected chi connectivity index (χ2v) is 8.83. The van der Waals surface area contributed by atoms with Crippen molar-refractivity contribution in [2.24, 2.45) is 0 Å². The monoisotopic (exact) mass is 495 g/mol. The molecule has 0 aliphatic heterocycles. The number of anilines is 1. The smallest absolute Gasteiger partial charge is 0.263 e. The van der Waals surface area contributed by atoms with Gasteiger partial charge in [-0.05, 0) is 81.1 Å². The Balaban J connectivity index is 2.48. The SMILES string of the molecule is Cc1ccc(Br)c(NS(=O)(=O)c2cc(Br)c(C)cc2Br)c1. The van der Waals surface area contributed by atoms with Crippen LogP contribution in [0.1, 0.15) is 11.1 Å². The number of halogens is 3. The van der Waals surface area contributed by atoms with E-state index in [4.69, 9.17) is 0 Å². The van der Waals surface area contributed by atoms with Crippen LogP contribution >= 0.6 is 47.8 Å². The molecule has 0 aliphatic rings. The van der Waals surface area contributed by atoms with Crippen molar-refractivity contribution < 1.29 is 8.42 Å². The van der Waals surface area contributed by atoms with Crippen LogP contribution in [0.2, 0.25) is 0 Å². The van der Waals surface area contributed by atoms with E-state index < -0.39 is 10.0 Å². The van der Waals surface area contributed by atoms with Crippen molar-refractivity contribution in [1.29, 1.82) is 0 Å². The number of sulfonamides is 1. The molecule has 2 rings (SSSR count). The van der Waals surface area contributed by atoms with Gasteiger partial charge in [-0.15, -0.1) is 0 Å². The van der Waals surface area contributed by atoms with Gasteiger partial charge >= 0.3 is 0 Å².